The predicted octanol–water partition coefficient (Wildman–Crippen LogP) is 1.26. The van der Waals surface area contributed by atoms with E-state index in [1.54, 1.807) is 18.2 Å². The van der Waals surface area contributed by atoms with Gasteiger partial charge in [0, 0.05) is 5.56 Å². The van der Waals surface area contributed by atoms with Crippen molar-refractivity contribution in [3.8, 4) is 0 Å². The van der Waals surface area contributed by atoms with Crippen LogP contribution >= 0.6 is 0 Å². The lowest BCUT2D eigenvalue weighted by molar-refractivity contribution is 0.1000. The van der Waals surface area contributed by atoms with Crippen LogP contribution in [0.1, 0.15) is 15.9 Å². The summed E-state index contributed by atoms with van der Waals surface area (Å²) in [5.41, 5.74) is 5.80. The molecular weight excluding hydrogens is 145 g/mol. The first kappa shape index (κ1) is 7.72. The Morgan fingerprint density at radius 2 is 2.27 bits per heavy atom. The molecule has 1 aromatic rings. The van der Waals surface area contributed by atoms with Crippen LogP contribution in [0.25, 0.3) is 0 Å². The summed E-state index contributed by atoms with van der Waals surface area (Å²) in [5, 5.41) is 0. The topological polar surface area (TPSA) is 43.1 Å². The number of carbonyl (C=O) groups excluding carboxylic acids is 1. The van der Waals surface area contributed by atoms with Crippen LogP contribution in [0.5, 0.6) is 0 Å². The van der Waals surface area contributed by atoms with Gasteiger partial charge in [0.15, 0.2) is 0 Å². The molecule has 1 aromatic carbocycles. The molecule has 0 fully saturated rings. The van der Waals surface area contributed by atoms with Gasteiger partial charge in [0.25, 0.3) is 0 Å². The first-order valence-corrected chi connectivity index (χ1v) is 3.18. The van der Waals surface area contributed by atoms with Crippen molar-refractivity contribution in [1.82, 2.24) is 0 Å². The van der Waals surface area contributed by atoms with Crippen molar-refractivity contribution < 1.29 is 9.18 Å². The van der Waals surface area contributed by atoms with Crippen molar-refractivity contribution in [2.75, 3.05) is 0 Å². The molecule has 0 aliphatic carbocycles. The van der Waals surface area contributed by atoms with E-state index < -0.39 is 12.6 Å². The van der Waals surface area contributed by atoms with Gasteiger partial charge in [-0.25, -0.2) is 4.39 Å². The predicted molar refractivity (Wildman–Crippen MR) is 39.8 cm³/mol. The summed E-state index contributed by atoms with van der Waals surface area (Å²) in [5.74, 6) is -0.528. The third kappa shape index (κ3) is 1.77. The van der Waals surface area contributed by atoms with Gasteiger partial charge >= 0.3 is 0 Å². The van der Waals surface area contributed by atoms with Gasteiger partial charge in [-0.05, 0) is 17.7 Å². The fraction of sp³-hybridized carbons (Fsp3) is 0.125. The van der Waals surface area contributed by atoms with E-state index in [4.69, 9.17) is 5.73 Å². The number of alkyl halides is 1. The van der Waals surface area contributed by atoms with Gasteiger partial charge in [0.2, 0.25) is 5.91 Å². The van der Waals surface area contributed by atoms with Crippen LogP contribution in [0.2, 0.25) is 0 Å². The maximum atomic E-state index is 12.0. The van der Waals surface area contributed by atoms with Gasteiger partial charge < -0.3 is 5.73 Å². The smallest absolute Gasteiger partial charge is 0.248 e. The molecule has 11 heavy (non-hydrogen) atoms. The fourth-order valence-corrected chi connectivity index (χ4v) is 0.808. The summed E-state index contributed by atoms with van der Waals surface area (Å²) in [6.07, 6.45) is 0. The third-order valence-electron chi connectivity index (χ3n) is 1.37. The lowest BCUT2D eigenvalue weighted by Gasteiger charge is -1.96. The molecule has 1 amide bonds. The largest absolute Gasteiger partial charge is 0.366 e. The minimum absolute atomic E-state index is 0.347. The molecule has 1 rings (SSSR count). The quantitative estimate of drug-likeness (QED) is 0.682. The minimum atomic E-state index is -0.568. The number of primary amides is 1. The number of rotatable bonds is 2. The van der Waals surface area contributed by atoms with E-state index in [-0.39, 0.29) is 0 Å². The average Bonchev–Trinajstić information content (AvgIpc) is 2.05. The van der Waals surface area contributed by atoms with Crippen molar-refractivity contribution in [2.24, 2.45) is 5.73 Å². The molecule has 0 aliphatic heterocycles. The summed E-state index contributed by atoms with van der Waals surface area (Å²) in [6, 6.07) is 6.21. The van der Waals surface area contributed by atoms with E-state index in [1.807, 2.05) is 0 Å². The molecule has 0 saturated carbocycles. The number of hydrogen-bond acceptors (Lipinski definition) is 1. The van der Waals surface area contributed by atoms with E-state index >= 15 is 0 Å². The van der Waals surface area contributed by atoms with E-state index in [9.17, 15) is 9.18 Å². The highest BCUT2D eigenvalue weighted by molar-refractivity contribution is 5.92. The second kappa shape index (κ2) is 3.14. The maximum absolute atomic E-state index is 12.0. The molecule has 0 aromatic heterocycles. The number of amides is 1. The van der Waals surface area contributed by atoms with Crippen molar-refractivity contribution >= 4 is 5.91 Å². The molecule has 0 atom stereocenters. The highest BCUT2D eigenvalue weighted by Gasteiger charge is 1.99. The second-order valence-corrected chi connectivity index (χ2v) is 2.20. The van der Waals surface area contributed by atoms with Crippen LogP contribution in [-0.4, -0.2) is 5.91 Å². The lowest BCUT2D eigenvalue weighted by atomic mass is 10.1. The average molecular weight is 153 g/mol. The summed E-state index contributed by atoms with van der Waals surface area (Å²) >= 11 is 0. The normalized spacial score (nSPS) is 9.55. The highest BCUT2D eigenvalue weighted by atomic mass is 19.1. The molecule has 0 aliphatic rings. The van der Waals surface area contributed by atoms with E-state index in [0.717, 1.165) is 0 Å². The van der Waals surface area contributed by atoms with Crippen LogP contribution in [0.3, 0.4) is 0 Å². The molecule has 58 valence electrons. The van der Waals surface area contributed by atoms with Crippen LogP contribution in [0, 0.1) is 0 Å². The fourth-order valence-electron chi connectivity index (χ4n) is 0.808. The zero-order valence-electron chi connectivity index (χ0n) is 5.88. The molecular formula is C8H8FNO. The SMILES string of the molecule is NC(=O)c1cccc(CF)c1. The Morgan fingerprint density at radius 1 is 1.55 bits per heavy atom. The highest BCUT2D eigenvalue weighted by Crippen LogP contribution is 2.05. The number of hydrogen-bond donors (Lipinski definition) is 1. The lowest BCUT2D eigenvalue weighted by Crippen LogP contribution is -2.10. The Kier molecular flexibility index (Phi) is 2.21. The Bertz CT molecular complexity index is 273. The first-order valence-electron chi connectivity index (χ1n) is 3.18. The van der Waals surface area contributed by atoms with Crippen LogP contribution in [0.15, 0.2) is 24.3 Å². The van der Waals surface area contributed by atoms with Crippen LogP contribution in [0.4, 0.5) is 4.39 Å². The third-order valence-corrected chi connectivity index (χ3v) is 1.37. The Balaban J connectivity index is 3.01. The summed E-state index contributed by atoms with van der Waals surface area (Å²) in [6.45, 7) is -0.568. The van der Waals surface area contributed by atoms with Crippen molar-refractivity contribution in [1.29, 1.82) is 0 Å². The molecule has 2 nitrogen and oxygen atoms in total. The van der Waals surface area contributed by atoms with Gasteiger partial charge in [-0.1, -0.05) is 12.1 Å². The number of carbonyl (C=O) groups is 1. The number of nitrogens with two attached hydrogens (primary N) is 1. The second-order valence-electron chi connectivity index (χ2n) is 2.20. The van der Waals surface area contributed by atoms with E-state index in [2.05, 4.69) is 0 Å². The Hall–Kier alpha value is -1.38. The monoisotopic (exact) mass is 153 g/mol. The van der Waals surface area contributed by atoms with Gasteiger partial charge in [-0.15, -0.1) is 0 Å². The molecule has 0 spiro atoms. The summed E-state index contributed by atoms with van der Waals surface area (Å²) in [7, 11) is 0. The zero-order chi connectivity index (χ0) is 8.27. The van der Waals surface area contributed by atoms with Crippen LogP contribution < -0.4 is 5.73 Å². The van der Waals surface area contributed by atoms with E-state index in [1.165, 1.54) is 6.07 Å². The number of halogens is 1. The minimum Gasteiger partial charge on any atom is -0.366 e. The molecule has 0 heterocycles. The summed E-state index contributed by atoms with van der Waals surface area (Å²) < 4.78 is 12.0. The van der Waals surface area contributed by atoms with Crippen molar-refractivity contribution in [2.45, 2.75) is 6.67 Å². The standard InChI is InChI=1S/C8H8FNO/c9-5-6-2-1-3-7(4-6)8(10)11/h1-4H,5H2,(H2,10,11). The van der Waals surface area contributed by atoms with Gasteiger partial charge in [-0.2, -0.15) is 0 Å². The van der Waals surface area contributed by atoms with Gasteiger partial charge in [0.05, 0.1) is 0 Å². The van der Waals surface area contributed by atoms with Crippen molar-refractivity contribution in [3.05, 3.63) is 35.4 Å². The zero-order valence-corrected chi connectivity index (χ0v) is 5.88. The Morgan fingerprint density at radius 3 is 2.82 bits per heavy atom. The van der Waals surface area contributed by atoms with E-state index in [0.29, 0.717) is 11.1 Å². The molecule has 3 heteroatoms. The number of benzene rings is 1. The molecule has 0 bridgehead atoms. The van der Waals surface area contributed by atoms with Crippen molar-refractivity contribution in [3.63, 3.8) is 0 Å². The Labute approximate surface area is 63.8 Å². The van der Waals surface area contributed by atoms with Gasteiger partial charge in [0.1, 0.15) is 6.67 Å². The summed E-state index contributed by atoms with van der Waals surface area (Å²) in [4.78, 5) is 10.6. The van der Waals surface area contributed by atoms with Crippen LogP contribution in [-0.2, 0) is 6.67 Å². The first-order chi connectivity index (χ1) is 5.24. The molecule has 2 N–H and O–H groups in total. The van der Waals surface area contributed by atoms with Gasteiger partial charge in [-0.3, -0.25) is 4.79 Å². The molecule has 0 saturated heterocycles. The molecule has 0 unspecified atom stereocenters. The maximum Gasteiger partial charge on any atom is 0.248 e. The molecule has 0 radical (unpaired) electrons.